The molecular formula is C20H27N3O4S. The first-order chi connectivity index (χ1) is 13.3. The minimum atomic E-state index is -3.52. The molecule has 7 nitrogen and oxygen atoms in total. The third-order valence-corrected chi connectivity index (χ3v) is 7.45. The Bertz CT molecular complexity index is 895. The van der Waals surface area contributed by atoms with Crippen LogP contribution in [0.1, 0.15) is 24.0 Å². The van der Waals surface area contributed by atoms with Crippen molar-refractivity contribution in [3.8, 4) is 0 Å². The van der Waals surface area contributed by atoms with Crippen molar-refractivity contribution in [2.24, 2.45) is 5.92 Å². The fourth-order valence-corrected chi connectivity index (χ4v) is 5.16. The number of hydrogen-bond acceptors (Lipinski definition) is 4. The van der Waals surface area contributed by atoms with Gasteiger partial charge in [0.25, 0.3) is 0 Å². The molecule has 0 bridgehead atoms. The van der Waals surface area contributed by atoms with Gasteiger partial charge in [0.05, 0.1) is 10.8 Å². The van der Waals surface area contributed by atoms with Crippen molar-refractivity contribution >= 4 is 21.8 Å². The van der Waals surface area contributed by atoms with Crippen LogP contribution in [0.2, 0.25) is 0 Å². The van der Waals surface area contributed by atoms with Crippen molar-refractivity contribution in [1.29, 1.82) is 0 Å². The Labute approximate surface area is 166 Å². The first kappa shape index (κ1) is 20.5. The highest BCUT2D eigenvalue weighted by Gasteiger charge is 2.33. The zero-order valence-corrected chi connectivity index (χ0v) is 17.2. The third-order valence-electron chi connectivity index (χ3n) is 5.55. The van der Waals surface area contributed by atoms with E-state index in [-0.39, 0.29) is 17.7 Å². The lowest BCUT2D eigenvalue weighted by Gasteiger charge is -2.36. The Kier molecular flexibility index (Phi) is 5.90. The molecular weight excluding hydrogens is 378 g/mol. The maximum Gasteiger partial charge on any atom is 0.245 e. The Morgan fingerprint density at radius 3 is 2.64 bits per heavy atom. The van der Waals surface area contributed by atoms with Crippen LogP contribution in [0.4, 0.5) is 0 Å². The molecule has 1 atom stereocenters. The number of sulfonamides is 1. The molecule has 1 aromatic rings. The summed E-state index contributed by atoms with van der Waals surface area (Å²) in [4.78, 5) is 28.7. The summed E-state index contributed by atoms with van der Waals surface area (Å²) in [6, 6.07) is 5.25. The number of carbonyl (C=O) groups is 2. The normalized spacial score (nSPS) is 20.0. The lowest BCUT2D eigenvalue weighted by atomic mass is 9.94. The van der Waals surface area contributed by atoms with Gasteiger partial charge < -0.3 is 9.80 Å². The summed E-state index contributed by atoms with van der Waals surface area (Å²) in [6.45, 7) is 5.48. The largest absolute Gasteiger partial charge is 0.338 e. The molecule has 0 N–H and O–H groups in total. The second kappa shape index (κ2) is 8.05. The summed E-state index contributed by atoms with van der Waals surface area (Å²) in [6.07, 6.45) is 3.35. The van der Waals surface area contributed by atoms with Crippen molar-refractivity contribution in [1.82, 2.24) is 14.1 Å². The van der Waals surface area contributed by atoms with Gasteiger partial charge in [0, 0.05) is 40.3 Å². The lowest BCUT2D eigenvalue weighted by Crippen LogP contribution is -2.47. The van der Waals surface area contributed by atoms with E-state index in [4.69, 9.17) is 0 Å². The summed E-state index contributed by atoms with van der Waals surface area (Å²) in [5.41, 5.74) is 1.67. The number of nitrogens with zero attached hydrogens (tertiary/aromatic N) is 3. The van der Waals surface area contributed by atoms with E-state index in [1.165, 1.54) is 24.5 Å². The molecule has 1 saturated heterocycles. The molecule has 0 aromatic heterocycles. The van der Waals surface area contributed by atoms with Crippen LogP contribution in [0.5, 0.6) is 0 Å². The summed E-state index contributed by atoms with van der Waals surface area (Å²) in [5, 5.41) is 0. The molecule has 0 aliphatic carbocycles. The van der Waals surface area contributed by atoms with Gasteiger partial charge in [-0.15, -0.1) is 0 Å². The Hall–Kier alpha value is -2.19. The number of carbonyl (C=O) groups excluding carboxylic acids is 2. The molecule has 1 fully saturated rings. The average molecular weight is 406 g/mol. The van der Waals surface area contributed by atoms with Crippen LogP contribution in [-0.4, -0.2) is 68.1 Å². The average Bonchev–Trinajstić information content (AvgIpc) is 2.71. The quantitative estimate of drug-likeness (QED) is 0.707. The van der Waals surface area contributed by atoms with Crippen molar-refractivity contribution in [3.05, 3.63) is 42.0 Å². The molecule has 0 saturated carbocycles. The molecule has 1 aromatic carbocycles. The molecule has 3 rings (SSSR count). The number of amides is 2. The molecule has 0 spiro atoms. The smallest absolute Gasteiger partial charge is 0.245 e. The molecule has 2 amide bonds. The van der Waals surface area contributed by atoms with Gasteiger partial charge in [0.15, 0.2) is 0 Å². The van der Waals surface area contributed by atoms with E-state index in [0.29, 0.717) is 37.5 Å². The van der Waals surface area contributed by atoms with E-state index in [9.17, 15) is 18.0 Å². The summed E-state index contributed by atoms with van der Waals surface area (Å²) in [5.74, 6) is -0.319. The second-order valence-corrected chi connectivity index (χ2v) is 9.64. The first-order valence-corrected chi connectivity index (χ1v) is 10.9. The summed E-state index contributed by atoms with van der Waals surface area (Å²) in [7, 11) is -0.479. The predicted molar refractivity (Wildman–Crippen MR) is 106 cm³/mol. The number of likely N-dealkylation sites (tertiary alicyclic amines) is 1. The van der Waals surface area contributed by atoms with E-state index in [2.05, 4.69) is 6.58 Å². The molecule has 152 valence electrons. The highest BCUT2D eigenvalue weighted by Crippen LogP contribution is 2.29. The molecule has 1 unspecified atom stereocenters. The fraction of sp³-hybridized carbons (Fsp3) is 0.500. The second-order valence-electron chi connectivity index (χ2n) is 7.52. The minimum Gasteiger partial charge on any atom is -0.338 e. The monoisotopic (exact) mass is 405 g/mol. The number of rotatable bonds is 4. The van der Waals surface area contributed by atoms with Gasteiger partial charge in [-0.05, 0) is 42.5 Å². The minimum absolute atomic E-state index is 0.0353. The summed E-state index contributed by atoms with van der Waals surface area (Å²) >= 11 is 0. The lowest BCUT2D eigenvalue weighted by molar-refractivity contribution is -0.140. The van der Waals surface area contributed by atoms with Crippen molar-refractivity contribution in [3.63, 3.8) is 0 Å². The van der Waals surface area contributed by atoms with Gasteiger partial charge in [0.1, 0.15) is 0 Å². The topological polar surface area (TPSA) is 78.0 Å². The van der Waals surface area contributed by atoms with Crippen LogP contribution in [-0.2, 0) is 32.6 Å². The van der Waals surface area contributed by atoms with Crippen LogP contribution < -0.4 is 0 Å². The van der Waals surface area contributed by atoms with E-state index in [0.717, 1.165) is 24.0 Å². The first-order valence-electron chi connectivity index (χ1n) is 9.49. The van der Waals surface area contributed by atoms with Crippen LogP contribution >= 0.6 is 0 Å². The van der Waals surface area contributed by atoms with Crippen LogP contribution in [0.25, 0.3) is 0 Å². The number of piperidine rings is 1. The molecule has 0 radical (unpaired) electrons. The van der Waals surface area contributed by atoms with E-state index in [1.807, 2.05) is 6.07 Å². The zero-order valence-electron chi connectivity index (χ0n) is 16.4. The van der Waals surface area contributed by atoms with Crippen molar-refractivity contribution < 1.29 is 18.0 Å². The van der Waals surface area contributed by atoms with Crippen molar-refractivity contribution in [2.75, 3.05) is 33.7 Å². The molecule has 2 heterocycles. The SMILES string of the molecule is C=CC(=O)N1CCCC(C(=O)N2CCc3c(cccc3S(=O)(=O)N(C)C)C2)C1. The fourth-order valence-electron chi connectivity index (χ4n) is 3.97. The van der Waals surface area contributed by atoms with E-state index >= 15 is 0 Å². The highest BCUT2D eigenvalue weighted by molar-refractivity contribution is 7.89. The molecule has 2 aliphatic rings. The number of hydrogen-bond donors (Lipinski definition) is 0. The zero-order chi connectivity index (χ0) is 20.5. The Morgan fingerprint density at radius 1 is 1.21 bits per heavy atom. The maximum absolute atomic E-state index is 13.0. The number of benzene rings is 1. The third kappa shape index (κ3) is 3.84. The van der Waals surface area contributed by atoms with E-state index in [1.54, 1.807) is 21.9 Å². The van der Waals surface area contributed by atoms with Gasteiger partial charge in [0.2, 0.25) is 21.8 Å². The number of fused-ring (bicyclic) bond motifs is 1. The van der Waals surface area contributed by atoms with Gasteiger partial charge in [-0.3, -0.25) is 9.59 Å². The van der Waals surface area contributed by atoms with Gasteiger partial charge in [-0.25, -0.2) is 12.7 Å². The van der Waals surface area contributed by atoms with Gasteiger partial charge in [-0.1, -0.05) is 18.7 Å². The van der Waals surface area contributed by atoms with E-state index < -0.39 is 10.0 Å². The van der Waals surface area contributed by atoms with Crippen LogP contribution in [0.3, 0.4) is 0 Å². The highest BCUT2D eigenvalue weighted by atomic mass is 32.2. The molecule has 28 heavy (non-hydrogen) atoms. The van der Waals surface area contributed by atoms with Crippen LogP contribution in [0, 0.1) is 5.92 Å². The molecule has 2 aliphatic heterocycles. The standard InChI is InChI=1S/C20H27N3O4S/c1-4-19(24)22-11-6-8-16(14-22)20(25)23-12-10-17-15(13-23)7-5-9-18(17)28(26,27)21(2)3/h4-5,7,9,16H,1,6,8,10-14H2,2-3H3. The predicted octanol–water partition coefficient (Wildman–Crippen LogP) is 1.25. The van der Waals surface area contributed by atoms with Crippen molar-refractivity contribution in [2.45, 2.75) is 30.7 Å². The Balaban J connectivity index is 1.78. The van der Waals surface area contributed by atoms with Gasteiger partial charge in [-0.2, -0.15) is 0 Å². The Morgan fingerprint density at radius 2 is 1.96 bits per heavy atom. The maximum atomic E-state index is 13.0. The molecule has 8 heteroatoms. The van der Waals surface area contributed by atoms with Gasteiger partial charge >= 0.3 is 0 Å². The summed E-state index contributed by atoms with van der Waals surface area (Å²) < 4.78 is 26.4. The van der Waals surface area contributed by atoms with Crippen LogP contribution in [0.15, 0.2) is 35.7 Å².